The van der Waals surface area contributed by atoms with Gasteiger partial charge in [0.2, 0.25) is 5.91 Å². The molecule has 3 rings (SSSR count). The Kier molecular flexibility index (Phi) is 5.74. The van der Waals surface area contributed by atoms with Gasteiger partial charge in [-0.2, -0.15) is 0 Å². The number of likely N-dealkylation sites (tertiary alicyclic amines) is 1. The summed E-state index contributed by atoms with van der Waals surface area (Å²) in [5.41, 5.74) is 11.2. The van der Waals surface area contributed by atoms with Crippen LogP contribution in [0.3, 0.4) is 0 Å². The lowest BCUT2D eigenvalue weighted by atomic mass is 9.94. The van der Waals surface area contributed by atoms with Crippen molar-refractivity contribution in [1.82, 2.24) is 9.88 Å². The maximum absolute atomic E-state index is 11.7. The van der Waals surface area contributed by atoms with Crippen molar-refractivity contribution < 1.29 is 19.1 Å². The van der Waals surface area contributed by atoms with Crippen molar-refractivity contribution in [2.45, 2.75) is 25.2 Å². The number of carbonyl (C=O) groups excluding carboxylic acids is 3. The Labute approximate surface area is 166 Å². The van der Waals surface area contributed by atoms with Gasteiger partial charge in [-0.1, -0.05) is 11.6 Å². The van der Waals surface area contributed by atoms with Crippen LogP contribution in [0.4, 0.5) is 10.6 Å². The molecule has 148 valence electrons. The molecular weight excluding hydrogens is 386 g/mol. The number of carbonyl (C=O) groups is 3. The van der Waals surface area contributed by atoms with Crippen molar-refractivity contribution in [3.8, 4) is 0 Å². The molecule has 1 aromatic heterocycles. The monoisotopic (exact) mass is 405 g/mol. The fourth-order valence-corrected chi connectivity index (χ4v) is 3.34. The highest BCUT2D eigenvalue weighted by Gasteiger charge is 2.26. The highest BCUT2D eigenvalue weighted by molar-refractivity contribution is 6.29. The predicted octanol–water partition coefficient (Wildman–Crippen LogP) is 2.21. The Morgan fingerprint density at radius 3 is 2.79 bits per heavy atom. The molecule has 9 nitrogen and oxygen atoms in total. The number of rotatable bonds is 6. The molecule has 1 saturated heterocycles. The van der Waals surface area contributed by atoms with Crippen molar-refractivity contribution in [2.24, 2.45) is 11.5 Å². The minimum absolute atomic E-state index is 0.0506. The summed E-state index contributed by atoms with van der Waals surface area (Å²) < 4.78 is 5.73. The third kappa shape index (κ3) is 4.37. The lowest BCUT2D eigenvalue weighted by molar-refractivity contribution is -0.125. The van der Waals surface area contributed by atoms with Gasteiger partial charge in [0.1, 0.15) is 17.8 Å². The number of aromatic nitrogens is 1. The topological polar surface area (TPSA) is 144 Å². The van der Waals surface area contributed by atoms with Crippen LogP contribution in [0.5, 0.6) is 0 Å². The second-order valence-electron chi connectivity index (χ2n) is 6.40. The van der Waals surface area contributed by atoms with Crippen LogP contribution in [0.25, 0.3) is 0 Å². The van der Waals surface area contributed by atoms with Crippen molar-refractivity contribution in [1.29, 1.82) is 0 Å². The van der Waals surface area contributed by atoms with Crippen molar-refractivity contribution in [3.05, 3.63) is 52.7 Å². The van der Waals surface area contributed by atoms with Gasteiger partial charge in [0.05, 0.1) is 11.5 Å². The number of amides is 4. The van der Waals surface area contributed by atoms with Crippen LogP contribution in [-0.4, -0.2) is 34.3 Å². The molecular formula is C18H20ClN5O4. The summed E-state index contributed by atoms with van der Waals surface area (Å²) in [5, 5.41) is 2.94. The number of urea groups is 1. The maximum atomic E-state index is 11.7. The Hall–Kier alpha value is -3.20. The van der Waals surface area contributed by atoms with E-state index in [0.717, 1.165) is 6.42 Å². The summed E-state index contributed by atoms with van der Waals surface area (Å²) in [6.07, 6.45) is 8.22. The molecule has 6 N–H and O–H groups in total. The first-order valence-corrected chi connectivity index (χ1v) is 9.01. The van der Waals surface area contributed by atoms with E-state index < -0.39 is 11.9 Å². The molecule has 0 aromatic carbocycles. The lowest BCUT2D eigenvalue weighted by Crippen LogP contribution is -2.22. The molecule has 10 heteroatoms. The van der Waals surface area contributed by atoms with E-state index in [-0.39, 0.29) is 23.2 Å². The summed E-state index contributed by atoms with van der Waals surface area (Å²) in [5.74, 6) is -0.358. The van der Waals surface area contributed by atoms with Crippen LogP contribution in [-0.2, 0) is 9.53 Å². The van der Waals surface area contributed by atoms with Gasteiger partial charge < -0.3 is 26.1 Å². The quantitative estimate of drug-likeness (QED) is 0.538. The summed E-state index contributed by atoms with van der Waals surface area (Å²) >= 11 is 6.17. The molecule has 1 atom stereocenters. The van der Waals surface area contributed by atoms with E-state index in [1.807, 2.05) is 0 Å². The summed E-state index contributed by atoms with van der Waals surface area (Å²) in [6.45, 7) is 0.660. The van der Waals surface area contributed by atoms with Gasteiger partial charge in [-0.15, -0.1) is 0 Å². The number of anilines is 1. The molecule has 4 amide bonds. The molecule has 2 heterocycles. The SMILES string of the molecule is NC(=O)Nc1[nH]c(C2CC(Cl)=CC=C2O/C=C/N2CCCC2=O)cc1C(N)=O. The fourth-order valence-electron chi connectivity index (χ4n) is 3.13. The highest BCUT2D eigenvalue weighted by Crippen LogP contribution is 2.37. The van der Waals surface area contributed by atoms with Gasteiger partial charge in [0.15, 0.2) is 0 Å². The second-order valence-corrected chi connectivity index (χ2v) is 6.89. The van der Waals surface area contributed by atoms with Gasteiger partial charge in [-0.3, -0.25) is 14.9 Å². The molecule has 1 fully saturated rings. The zero-order valence-electron chi connectivity index (χ0n) is 14.9. The average Bonchev–Trinajstić information content (AvgIpc) is 3.22. The van der Waals surface area contributed by atoms with Crippen molar-refractivity contribution in [2.75, 3.05) is 11.9 Å². The molecule has 1 unspecified atom stereocenters. The number of nitrogens with one attached hydrogen (secondary N) is 2. The smallest absolute Gasteiger partial charge is 0.317 e. The minimum atomic E-state index is -0.831. The van der Waals surface area contributed by atoms with E-state index in [1.165, 1.54) is 12.3 Å². The van der Waals surface area contributed by atoms with Crippen molar-refractivity contribution in [3.63, 3.8) is 0 Å². The summed E-state index contributed by atoms with van der Waals surface area (Å²) in [6, 6.07) is 0.696. The Morgan fingerprint density at radius 2 is 2.14 bits per heavy atom. The third-order valence-corrected chi connectivity index (χ3v) is 4.73. The number of halogens is 1. The van der Waals surface area contributed by atoms with Gasteiger partial charge in [-0.05, 0) is 31.1 Å². The minimum Gasteiger partial charge on any atom is -0.467 e. The maximum Gasteiger partial charge on any atom is 0.317 e. The van der Waals surface area contributed by atoms with Gasteiger partial charge in [0, 0.05) is 29.9 Å². The summed E-state index contributed by atoms with van der Waals surface area (Å²) in [4.78, 5) is 39.0. The number of hydrogen-bond donors (Lipinski definition) is 4. The molecule has 0 radical (unpaired) electrons. The number of hydrogen-bond acceptors (Lipinski definition) is 4. The number of aromatic amines is 1. The summed E-state index contributed by atoms with van der Waals surface area (Å²) in [7, 11) is 0. The molecule has 2 aliphatic rings. The largest absolute Gasteiger partial charge is 0.467 e. The lowest BCUT2D eigenvalue weighted by Gasteiger charge is -2.21. The molecule has 0 spiro atoms. The Balaban J connectivity index is 1.82. The van der Waals surface area contributed by atoms with E-state index >= 15 is 0 Å². The van der Waals surface area contributed by atoms with Crippen LogP contribution in [0, 0.1) is 0 Å². The average molecular weight is 406 g/mol. The van der Waals surface area contributed by atoms with Crippen LogP contribution in [0.2, 0.25) is 0 Å². The number of nitrogens with two attached hydrogens (primary N) is 2. The first-order valence-electron chi connectivity index (χ1n) is 8.63. The van der Waals surface area contributed by atoms with Crippen LogP contribution in [0.1, 0.15) is 41.2 Å². The second kappa shape index (κ2) is 8.22. The van der Waals surface area contributed by atoms with Gasteiger partial charge in [-0.25, -0.2) is 4.79 Å². The molecule has 0 saturated carbocycles. The first kappa shape index (κ1) is 19.6. The predicted molar refractivity (Wildman–Crippen MR) is 103 cm³/mol. The first-order chi connectivity index (χ1) is 13.3. The number of primary amides is 2. The zero-order chi connectivity index (χ0) is 20.3. The van der Waals surface area contributed by atoms with E-state index in [9.17, 15) is 14.4 Å². The van der Waals surface area contributed by atoms with Gasteiger partial charge in [0.25, 0.3) is 5.91 Å². The highest BCUT2D eigenvalue weighted by atomic mass is 35.5. The Morgan fingerprint density at radius 1 is 1.36 bits per heavy atom. The fraction of sp³-hybridized carbons (Fsp3) is 0.278. The van der Waals surface area contributed by atoms with Gasteiger partial charge >= 0.3 is 6.03 Å². The van der Waals surface area contributed by atoms with Crippen LogP contribution in [0.15, 0.2) is 41.5 Å². The van der Waals surface area contributed by atoms with Crippen LogP contribution >= 0.6 is 11.6 Å². The normalized spacial score (nSPS) is 19.5. The van der Waals surface area contributed by atoms with Crippen molar-refractivity contribution >= 4 is 35.3 Å². The standard InChI is InChI=1S/C18H20ClN5O4/c19-10-3-4-14(28-7-6-24-5-1-2-15(24)25)11(8-10)13-9-12(16(20)26)17(22-13)23-18(21)27/h3-4,6-7,9,11,22H,1-2,5,8H2,(H2,20,26)(H3,21,23,27)/b7-6+. The van der Waals surface area contributed by atoms with E-state index in [2.05, 4.69) is 10.3 Å². The molecule has 28 heavy (non-hydrogen) atoms. The van der Waals surface area contributed by atoms with E-state index in [4.69, 9.17) is 27.8 Å². The zero-order valence-corrected chi connectivity index (χ0v) is 15.7. The van der Waals surface area contributed by atoms with E-state index in [0.29, 0.717) is 35.9 Å². The molecule has 1 aliphatic heterocycles. The number of nitrogens with zero attached hydrogens (tertiary/aromatic N) is 1. The molecule has 1 aliphatic carbocycles. The number of H-pyrrole nitrogens is 1. The number of ether oxygens (including phenoxy) is 1. The third-order valence-electron chi connectivity index (χ3n) is 4.45. The van der Waals surface area contributed by atoms with E-state index in [1.54, 1.807) is 23.3 Å². The molecule has 1 aromatic rings. The number of allylic oxidation sites excluding steroid dienone is 4. The van der Waals surface area contributed by atoms with Crippen LogP contribution < -0.4 is 16.8 Å². The Bertz CT molecular complexity index is 902. The molecule has 0 bridgehead atoms.